The van der Waals surface area contributed by atoms with Gasteiger partial charge in [0.25, 0.3) is 5.56 Å². The van der Waals surface area contributed by atoms with Crippen molar-refractivity contribution < 1.29 is 14.7 Å². The predicted octanol–water partition coefficient (Wildman–Crippen LogP) is 5.79. The fourth-order valence-corrected chi connectivity index (χ4v) is 4.17. The fraction of sp³-hybridized carbons (Fsp3) is 0.231. The number of pyridine rings is 1. The maximum atomic E-state index is 13.3. The summed E-state index contributed by atoms with van der Waals surface area (Å²) in [6.07, 6.45) is 1.89. The lowest BCUT2D eigenvalue weighted by Crippen LogP contribution is -2.31. The van der Waals surface area contributed by atoms with Crippen LogP contribution in [0.3, 0.4) is 0 Å². The molecular formula is C26H22Cl2N2O4. The number of carbonyl (C=O) groups excluding carboxylic acids is 1. The third-order valence-corrected chi connectivity index (χ3v) is 5.94. The van der Waals surface area contributed by atoms with Crippen molar-refractivity contribution in [3.63, 3.8) is 0 Å². The zero-order valence-electron chi connectivity index (χ0n) is 18.6. The molecule has 34 heavy (non-hydrogen) atoms. The Morgan fingerprint density at radius 1 is 1.06 bits per heavy atom. The summed E-state index contributed by atoms with van der Waals surface area (Å²) < 4.78 is 1.33. The van der Waals surface area contributed by atoms with Crippen LogP contribution in [0.4, 0.5) is 0 Å². The normalized spacial score (nSPS) is 11.8. The zero-order chi connectivity index (χ0) is 25.0. The number of rotatable bonds is 8. The van der Waals surface area contributed by atoms with Crippen molar-refractivity contribution in [3.8, 4) is 17.2 Å². The van der Waals surface area contributed by atoms with Crippen LogP contribution in [0, 0.1) is 17.2 Å². The Kier molecular flexibility index (Phi) is 7.93. The monoisotopic (exact) mass is 496 g/mol. The first-order valence-corrected chi connectivity index (χ1v) is 11.3. The number of carboxylic acids is 1. The molecule has 0 aliphatic heterocycles. The minimum Gasteiger partial charge on any atom is -0.478 e. The highest BCUT2D eigenvalue weighted by Gasteiger charge is 2.24. The van der Waals surface area contributed by atoms with Gasteiger partial charge in [-0.25, -0.2) is 4.79 Å². The molecular weight excluding hydrogens is 475 g/mol. The number of Topliss-reactive ketones (excluding diaryl/α,β-unsaturated/α-hetero) is 1. The highest BCUT2D eigenvalue weighted by atomic mass is 35.5. The number of hydrogen-bond acceptors (Lipinski definition) is 4. The SMILES string of the molecule is CC(C)CC(C(=O)Cc1ccc(C(=O)O)cc1)n1cc(Cl)c(-c2cc(Cl)ccc2C#N)cc1=O. The van der Waals surface area contributed by atoms with Crippen molar-refractivity contribution in [2.75, 3.05) is 0 Å². The number of aromatic nitrogens is 1. The van der Waals surface area contributed by atoms with E-state index in [1.807, 2.05) is 13.8 Å². The molecule has 1 N–H and O–H groups in total. The third kappa shape index (κ3) is 5.74. The van der Waals surface area contributed by atoms with Crippen LogP contribution in [0.25, 0.3) is 11.1 Å². The summed E-state index contributed by atoms with van der Waals surface area (Å²) in [6, 6.07) is 13.4. The van der Waals surface area contributed by atoms with E-state index < -0.39 is 17.6 Å². The van der Waals surface area contributed by atoms with Crippen molar-refractivity contribution in [3.05, 3.63) is 91.8 Å². The van der Waals surface area contributed by atoms with Gasteiger partial charge in [-0.2, -0.15) is 5.26 Å². The first kappa shape index (κ1) is 25.2. The lowest BCUT2D eigenvalue weighted by molar-refractivity contribution is -0.122. The van der Waals surface area contributed by atoms with E-state index in [1.165, 1.54) is 29.0 Å². The van der Waals surface area contributed by atoms with Crippen LogP contribution in [0.15, 0.2) is 59.5 Å². The highest BCUT2D eigenvalue weighted by Crippen LogP contribution is 2.32. The first-order valence-electron chi connectivity index (χ1n) is 10.6. The standard InChI is InChI=1S/C26H22Cl2N2O4/c1-15(2)9-23(24(31)10-16-3-5-17(6-4-16)26(33)34)30-14-22(28)21(12-25(30)32)20-11-19(27)8-7-18(20)13-29/h3-8,11-12,14-15,23H,9-10H2,1-2H3,(H,33,34). The van der Waals surface area contributed by atoms with Crippen LogP contribution in [0.1, 0.15) is 47.8 Å². The molecule has 1 heterocycles. The summed E-state index contributed by atoms with van der Waals surface area (Å²) in [7, 11) is 0. The van der Waals surface area contributed by atoms with Gasteiger partial charge in [0.2, 0.25) is 0 Å². The minimum absolute atomic E-state index is 0.0377. The largest absolute Gasteiger partial charge is 0.478 e. The molecule has 0 aliphatic rings. The van der Waals surface area contributed by atoms with Gasteiger partial charge in [-0.1, -0.05) is 49.2 Å². The minimum atomic E-state index is -1.05. The van der Waals surface area contributed by atoms with Gasteiger partial charge in [-0.15, -0.1) is 0 Å². The van der Waals surface area contributed by atoms with Crippen LogP contribution in [-0.4, -0.2) is 21.4 Å². The van der Waals surface area contributed by atoms with E-state index in [-0.39, 0.29) is 28.7 Å². The van der Waals surface area contributed by atoms with Crippen molar-refractivity contribution >= 4 is 35.0 Å². The van der Waals surface area contributed by atoms with Crippen LogP contribution in [0.5, 0.6) is 0 Å². The third-order valence-electron chi connectivity index (χ3n) is 5.41. The smallest absolute Gasteiger partial charge is 0.335 e. The van der Waals surface area contributed by atoms with Crippen molar-refractivity contribution in [1.82, 2.24) is 4.57 Å². The van der Waals surface area contributed by atoms with E-state index in [2.05, 4.69) is 6.07 Å². The molecule has 6 nitrogen and oxygen atoms in total. The molecule has 0 aliphatic carbocycles. The Bertz CT molecular complexity index is 1340. The Balaban J connectivity index is 2.00. The number of hydrogen-bond donors (Lipinski definition) is 1. The molecule has 174 valence electrons. The Labute approximate surface area is 207 Å². The number of carbonyl (C=O) groups is 2. The maximum absolute atomic E-state index is 13.3. The molecule has 1 atom stereocenters. The van der Waals surface area contributed by atoms with E-state index >= 15 is 0 Å². The molecule has 0 saturated carbocycles. The van der Waals surface area contributed by atoms with Gasteiger partial charge in [0.1, 0.15) is 0 Å². The number of nitriles is 1. The van der Waals surface area contributed by atoms with Crippen LogP contribution in [0.2, 0.25) is 10.0 Å². The summed E-state index contributed by atoms with van der Waals surface area (Å²) in [5.41, 5.74) is 1.48. The zero-order valence-corrected chi connectivity index (χ0v) is 20.1. The summed E-state index contributed by atoms with van der Waals surface area (Å²) in [6.45, 7) is 3.90. The second-order valence-corrected chi connectivity index (χ2v) is 9.22. The maximum Gasteiger partial charge on any atom is 0.335 e. The number of benzene rings is 2. The van der Waals surface area contributed by atoms with Gasteiger partial charge in [0.15, 0.2) is 5.78 Å². The van der Waals surface area contributed by atoms with Gasteiger partial charge in [0, 0.05) is 34.8 Å². The molecule has 0 fully saturated rings. The van der Waals surface area contributed by atoms with E-state index in [1.54, 1.807) is 30.3 Å². The predicted molar refractivity (Wildman–Crippen MR) is 131 cm³/mol. The fourth-order valence-electron chi connectivity index (χ4n) is 3.74. The van der Waals surface area contributed by atoms with Crippen LogP contribution >= 0.6 is 23.2 Å². The highest BCUT2D eigenvalue weighted by molar-refractivity contribution is 6.33. The Morgan fingerprint density at radius 3 is 2.32 bits per heavy atom. The van der Waals surface area contributed by atoms with Crippen LogP contribution in [-0.2, 0) is 11.2 Å². The van der Waals surface area contributed by atoms with Crippen molar-refractivity contribution in [2.45, 2.75) is 32.7 Å². The number of carboxylic acid groups (broad SMARTS) is 1. The molecule has 1 unspecified atom stereocenters. The van der Waals surface area contributed by atoms with Crippen molar-refractivity contribution in [2.24, 2.45) is 5.92 Å². The second-order valence-electron chi connectivity index (χ2n) is 8.37. The number of aromatic carboxylic acids is 1. The summed E-state index contributed by atoms with van der Waals surface area (Å²) >= 11 is 12.6. The molecule has 1 aromatic heterocycles. The topological polar surface area (TPSA) is 100 Å². The lowest BCUT2D eigenvalue weighted by atomic mass is 9.95. The van der Waals surface area contributed by atoms with Gasteiger partial charge in [0.05, 0.1) is 28.3 Å². The number of halogens is 2. The van der Waals surface area contributed by atoms with E-state index in [9.17, 15) is 19.6 Å². The molecule has 0 radical (unpaired) electrons. The van der Waals surface area contributed by atoms with Gasteiger partial charge in [-0.3, -0.25) is 9.59 Å². The first-order chi connectivity index (χ1) is 16.1. The molecule has 3 rings (SSSR count). The second kappa shape index (κ2) is 10.7. The van der Waals surface area contributed by atoms with Gasteiger partial charge in [-0.05, 0) is 48.2 Å². The summed E-state index contributed by atoms with van der Waals surface area (Å²) in [5, 5.41) is 19.1. The molecule has 8 heteroatoms. The van der Waals surface area contributed by atoms with Crippen LogP contribution < -0.4 is 5.56 Å². The van der Waals surface area contributed by atoms with Gasteiger partial charge < -0.3 is 9.67 Å². The molecule has 0 bridgehead atoms. The average Bonchev–Trinajstić information content (AvgIpc) is 2.79. The summed E-state index contributed by atoms with van der Waals surface area (Å²) in [5.74, 6) is -1.12. The molecule has 0 amide bonds. The molecule has 3 aromatic rings. The lowest BCUT2D eigenvalue weighted by Gasteiger charge is -2.22. The van der Waals surface area contributed by atoms with E-state index in [0.717, 1.165) is 0 Å². The van der Waals surface area contributed by atoms with E-state index in [4.69, 9.17) is 28.3 Å². The Hall–Kier alpha value is -3.40. The Morgan fingerprint density at radius 2 is 1.74 bits per heavy atom. The van der Waals surface area contributed by atoms with E-state index in [0.29, 0.717) is 33.7 Å². The molecule has 2 aromatic carbocycles. The quantitative estimate of drug-likeness (QED) is 0.425. The number of ketones is 1. The molecule has 0 spiro atoms. The van der Waals surface area contributed by atoms with Crippen molar-refractivity contribution in [1.29, 1.82) is 5.26 Å². The molecule has 0 saturated heterocycles. The average molecular weight is 497 g/mol. The number of nitrogens with zero attached hydrogens (tertiary/aromatic N) is 2. The van der Waals surface area contributed by atoms with Gasteiger partial charge >= 0.3 is 5.97 Å². The summed E-state index contributed by atoms with van der Waals surface area (Å²) in [4.78, 5) is 37.4.